The smallest absolute Gasteiger partial charge is 0.124 e. The number of benzene rings is 1. The van der Waals surface area contributed by atoms with Crippen LogP contribution in [-0.2, 0) is 0 Å². The number of hydrogen-bond donors (Lipinski definition) is 1. The van der Waals surface area contributed by atoms with E-state index >= 15 is 0 Å². The van der Waals surface area contributed by atoms with Crippen LogP contribution in [0.25, 0.3) is 0 Å². The number of para-hydroxylation sites is 1. The van der Waals surface area contributed by atoms with Gasteiger partial charge in [-0.1, -0.05) is 39.0 Å². The van der Waals surface area contributed by atoms with E-state index in [2.05, 4.69) is 0 Å². The van der Waals surface area contributed by atoms with Crippen LogP contribution < -0.4 is 4.74 Å². The normalized spacial score (nSPS) is 13.8. The standard InChI is InChI=1S/C12H18O2/c1-12(2,3)11(13)9-7-5-6-8-10(9)14-4/h5-8,11,13H,1-4H3/t11-/m1/s1. The number of aliphatic hydroxyl groups excluding tert-OH is 1. The molecule has 14 heavy (non-hydrogen) atoms. The van der Waals surface area contributed by atoms with Crippen molar-refractivity contribution in [1.29, 1.82) is 0 Å². The van der Waals surface area contributed by atoms with Crippen molar-refractivity contribution in [3.05, 3.63) is 29.8 Å². The van der Waals surface area contributed by atoms with Crippen molar-refractivity contribution in [2.45, 2.75) is 26.9 Å². The summed E-state index contributed by atoms with van der Waals surface area (Å²) in [7, 11) is 1.62. The summed E-state index contributed by atoms with van der Waals surface area (Å²) in [5, 5.41) is 10.1. The summed E-state index contributed by atoms with van der Waals surface area (Å²) in [5.74, 6) is 0.745. The monoisotopic (exact) mass is 194 g/mol. The van der Waals surface area contributed by atoms with Crippen LogP contribution in [0.15, 0.2) is 24.3 Å². The molecular weight excluding hydrogens is 176 g/mol. The molecular formula is C12H18O2. The molecule has 0 saturated carbocycles. The Balaban J connectivity index is 3.06. The van der Waals surface area contributed by atoms with Gasteiger partial charge in [-0.05, 0) is 11.5 Å². The van der Waals surface area contributed by atoms with Gasteiger partial charge in [0.2, 0.25) is 0 Å². The van der Waals surface area contributed by atoms with Crippen molar-refractivity contribution in [2.24, 2.45) is 5.41 Å². The van der Waals surface area contributed by atoms with E-state index in [0.717, 1.165) is 11.3 Å². The molecule has 0 unspecified atom stereocenters. The first kappa shape index (κ1) is 11.1. The molecule has 0 amide bonds. The van der Waals surface area contributed by atoms with E-state index in [9.17, 15) is 5.11 Å². The number of methoxy groups -OCH3 is 1. The highest BCUT2D eigenvalue weighted by Gasteiger charge is 2.25. The van der Waals surface area contributed by atoms with Gasteiger partial charge in [0.15, 0.2) is 0 Å². The van der Waals surface area contributed by atoms with Gasteiger partial charge in [-0.2, -0.15) is 0 Å². The third-order valence-corrected chi connectivity index (χ3v) is 2.25. The van der Waals surface area contributed by atoms with Crippen molar-refractivity contribution in [3.8, 4) is 5.75 Å². The second kappa shape index (κ2) is 4.01. The number of rotatable bonds is 2. The topological polar surface area (TPSA) is 29.5 Å². The Labute approximate surface area is 85.5 Å². The maximum absolute atomic E-state index is 10.1. The van der Waals surface area contributed by atoms with Crippen molar-refractivity contribution in [2.75, 3.05) is 7.11 Å². The van der Waals surface area contributed by atoms with Crippen LogP contribution >= 0.6 is 0 Å². The second-order valence-electron chi connectivity index (χ2n) is 4.51. The van der Waals surface area contributed by atoms with Crippen molar-refractivity contribution < 1.29 is 9.84 Å². The molecule has 0 aliphatic carbocycles. The Hall–Kier alpha value is -1.02. The molecule has 0 radical (unpaired) electrons. The molecule has 1 aromatic rings. The molecule has 0 aliphatic rings. The van der Waals surface area contributed by atoms with E-state index in [1.54, 1.807) is 7.11 Å². The molecule has 0 bridgehead atoms. The van der Waals surface area contributed by atoms with E-state index in [1.165, 1.54) is 0 Å². The van der Waals surface area contributed by atoms with E-state index in [4.69, 9.17) is 4.74 Å². The fraction of sp³-hybridized carbons (Fsp3) is 0.500. The molecule has 78 valence electrons. The van der Waals surface area contributed by atoms with Gasteiger partial charge in [0, 0.05) is 5.56 Å². The average molecular weight is 194 g/mol. The summed E-state index contributed by atoms with van der Waals surface area (Å²) in [4.78, 5) is 0. The fourth-order valence-corrected chi connectivity index (χ4v) is 1.36. The average Bonchev–Trinajstić information content (AvgIpc) is 2.15. The van der Waals surface area contributed by atoms with Gasteiger partial charge in [0.25, 0.3) is 0 Å². The lowest BCUT2D eigenvalue weighted by Gasteiger charge is -2.27. The lowest BCUT2D eigenvalue weighted by Crippen LogP contribution is -2.18. The van der Waals surface area contributed by atoms with E-state index in [1.807, 2.05) is 45.0 Å². The van der Waals surface area contributed by atoms with Crippen molar-refractivity contribution >= 4 is 0 Å². The minimum absolute atomic E-state index is 0.172. The van der Waals surface area contributed by atoms with Gasteiger partial charge in [0.1, 0.15) is 5.75 Å². The quantitative estimate of drug-likeness (QED) is 0.784. The van der Waals surface area contributed by atoms with E-state index in [-0.39, 0.29) is 5.41 Å². The highest BCUT2D eigenvalue weighted by molar-refractivity contribution is 5.35. The van der Waals surface area contributed by atoms with Crippen LogP contribution in [0.1, 0.15) is 32.4 Å². The summed E-state index contributed by atoms with van der Waals surface area (Å²) in [6.07, 6.45) is -0.501. The maximum Gasteiger partial charge on any atom is 0.124 e. The molecule has 0 aliphatic heterocycles. The Morgan fingerprint density at radius 3 is 2.29 bits per heavy atom. The maximum atomic E-state index is 10.1. The highest BCUT2D eigenvalue weighted by atomic mass is 16.5. The zero-order valence-electron chi connectivity index (χ0n) is 9.24. The molecule has 0 saturated heterocycles. The lowest BCUT2D eigenvalue weighted by molar-refractivity contribution is 0.0604. The van der Waals surface area contributed by atoms with Crippen molar-refractivity contribution in [3.63, 3.8) is 0 Å². The molecule has 2 heteroatoms. The minimum atomic E-state index is -0.501. The Bertz CT molecular complexity index is 299. The van der Waals surface area contributed by atoms with Crippen LogP contribution in [0, 0.1) is 5.41 Å². The molecule has 2 nitrogen and oxygen atoms in total. The summed E-state index contributed by atoms with van der Waals surface area (Å²) in [6, 6.07) is 7.57. The highest BCUT2D eigenvalue weighted by Crippen LogP contribution is 2.36. The zero-order valence-corrected chi connectivity index (χ0v) is 9.24. The first-order valence-corrected chi connectivity index (χ1v) is 4.78. The minimum Gasteiger partial charge on any atom is -0.496 e. The third kappa shape index (κ3) is 2.26. The van der Waals surface area contributed by atoms with Gasteiger partial charge < -0.3 is 9.84 Å². The van der Waals surface area contributed by atoms with Crippen LogP contribution in [-0.4, -0.2) is 12.2 Å². The lowest BCUT2D eigenvalue weighted by atomic mass is 9.84. The van der Waals surface area contributed by atoms with E-state index in [0.29, 0.717) is 0 Å². The van der Waals surface area contributed by atoms with Crippen LogP contribution in [0.5, 0.6) is 5.75 Å². The summed E-state index contributed by atoms with van der Waals surface area (Å²) in [5.41, 5.74) is 0.678. The zero-order chi connectivity index (χ0) is 10.8. The van der Waals surface area contributed by atoms with Gasteiger partial charge in [-0.25, -0.2) is 0 Å². The fourth-order valence-electron chi connectivity index (χ4n) is 1.36. The van der Waals surface area contributed by atoms with E-state index < -0.39 is 6.10 Å². The first-order valence-electron chi connectivity index (χ1n) is 4.78. The van der Waals surface area contributed by atoms with Gasteiger partial charge in [-0.15, -0.1) is 0 Å². The largest absolute Gasteiger partial charge is 0.496 e. The summed E-state index contributed by atoms with van der Waals surface area (Å²) >= 11 is 0. The number of hydrogen-bond acceptors (Lipinski definition) is 2. The predicted octanol–water partition coefficient (Wildman–Crippen LogP) is 2.77. The molecule has 1 atom stereocenters. The Kier molecular flexibility index (Phi) is 3.17. The SMILES string of the molecule is COc1ccccc1[C@@H](O)C(C)(C)C. The van der Waals surface area contributed by atoms with Gasteiger partial charge in [0.05, 0.1) is 13.2 Å². The van der Waals surface area contributed by atoms with Crippen LogP contribution in [0.4, 0.5) is 0 Å². The molecule has 1 N–H and O–H groups in total. The molecule has 0 spiro atoms. The molecule has 0 aromatic heterocycles. The Morgan fingerprint density at radius 1 is 1.21 bits per heavy atom. The van der Waals surface area contributed by atoms with Crippen LogP contribution in [0.2, 0.25) is 0 Å². The molecule has 1 aromatic carbocycles. The Morgan fingerprint density at radius 2 is 1.79 bits per heavy atom. The summed E-state index contributed by atoms with van der Waals surface area (Å²) < 4.78 is 5.20. The van der Waals surface area contributed by atoms with Crippen molar-refractivity contribution in [1.82, 2.24) is 0 Å². The second-order valence-corrected chi connectivity index (χ2v) is 4.51. The molecule has 0 fully saturated rings. The predicted molar refractivity (Wildman–Crippen MR) is 57.4 cm³/mol. The third-order valence-electron chi connectivity index (χ3n) is 2.25. The number of aliphatic hydroxyl groups is 1. The molecule has 0 heterocycles. The van der Waals surface area contributed by atoms with Gasteiger partial charge >= 0.3 is 0 Å². The first-order chi connectivity index (χ1) is 6.46. The summed E-state index contributed by atoms with van der Waals surface area (Å²) in [6.45, 7) is 6.01. The number of ether oxygens (including phenoxy) is 1. The molecule has 1 rings (SSSR count). The van der Waals surface area contributed by atoms with Crippen LogP contribution in [0.3, 0.4) is 0 Å². The van der Waals surface area contributed by atoms with Gasteiger partial charge in [-0.3, -0.25) is 0 Å².